The van der Waals surface area contributed by atoms with E-state index in [4.69, 9.17) is 5.73 Å². The van der Waals surface area contributed by atoms with Crippen LogP contribution in [0.2, 0.25) is 0 Å². The molecular weight excluding hydrogens is 252 g/mol. The van der Waals surface area contributed by atoms with E-state index in [-0.39, 0.29) is 11.9 Å². The second-order valence-electron chi connectivity index (χ2n) is 5.30. The van der Waals surface area contributed by atoms with Gasteiger partial charge in [0.15, 0.2) is 0 Å². The summed E-state index contributed by atoms with van der Waals surface area (Å²) in [5.74, 6) is 0.375. The molecule has 0 aliphatic rings. The van der Waals surface area contributed by atoms with Gasteiger partial charge in [-0.05, 0) is 30.5 Å². The molecule has 1 heterocycles. The van der Waals surface area contributed by atoms with Crippen molar-refractivity contribution in [3.8, 4) is 0 Å². The number of hydrogen-bond acceptors (Lipinski definition) is 4. The summed E-state index contributed by atoms with van der Waals surface area (Å²) >= 11 is 0. The molecular formula is C15H20N4O. The topological polar surface area (TPSA) is 80.9 Å². The van der Waals surface area contributed by atoms with Crippen molar-refractivity contribution in [2.45, 2.75) is 26.3 Å². The third-order valence-electron chi connectivity index (χ3n) is 3.11. The van der Waals surface area contributed by atoms with E-state index in [0.717, 1.165) is 11.9 Å². The number of hydrogen-bond donors (Lipinski definition) is 2. The lowest BCUT2D eigenvalue weighted by molar-refractivity contribution is 0.0934. The van der Waals surface area contributed by atoms with E-state index in [1.54, 1.807) is 30.6 Å². The fourth-order valence-electron chi connectivity index (χ4n) is 2.16. The van der Waals surface area contributed by atoms with Crippen molar-refractivity contribution < 1.29 is 4.79 Å². The molecule has 2 aromatic rings. The number of fused-ring (bicyclic) bond motifs is 1. The summed E-state index contributed by atoms with van der Waals surface area (Å²) in [5.41, 5.74) is 7.78. The summed E-state index contributed by atoms with van der Waals surface area (Å²) in [7, 11) is 0. The third-order valence-corrected chi connectivity index (χ3v) is 3.11. The smallest absolute Gasteiger partial charge is 0.251 e. The summed E-state index contributed by atoms with van der Waals surface area (Å²) < 4.78 is 0. The van der Waals surface area contributed by atoms with E-state index in [0.29, 0.717) is 23.5 Å². The number of nitrogens with zero attached hydrogens (tertiary/aromatic N) is 2. The molecule has 0 fully saturated rings. The van der Waals surface area contributed by atoms with Crippen molar-refractivity contribution in [2.24, 2.45) is 11.7 Å². The largest absolute Gasteiger partial charge is 0.348 e. The number of rotatable bonds is 5. The molecule has 0 spiro atoms. The zero-order valence-corrected chi connectivity index (χ0v) is 11.8. The fraction of sp³-hybridized carbons (Fsp3) is 0.400. The van der Waals surface area contributed by atoms with Crippen molar-refractivity contribution in [3.63, 3.8) is 0 Å². The molecule has 0 bridgehead atoms. The number of nitrogens with two attached hydrogens (primary N) is 1. The van der Waals surface area contributed by atoms with Crippen molar-refractivity contribution in [1.29, 1.82) is 0 Å². The Morgan fingerprint density at radius 1 is 1.25 bits per heavy atom. The first-order valence-electron chi connectivity index (χ1n) is 6.82. The Hall–Kier alpha value is -2.01. The maximum absolute atomic E-state index is 12.2. The van der Waals surface area contributed by atoms with Gasteiger partial charge in [0.2, 0.25) is 0 Å². The van der Waals surface area contributed by atoms with Crippen LogP contribution in [0.5, 0.6) is 0 Å². The molecule has 1 aromatic heterocycles. The molecule has 1 atom stereocenters. The van der Waals surface area contributed by atoms with Crippen LogP contribution in [0, 0.1) is 5.92 Å². The molecule has 2 rings (SSSR count). The number of carbonyl (C=O) groups excluding carboxylic acids is 1. The number of amides is 1. The fourth-order valence-corrected chi connectivity index (χ4v) is 2.16. The van der Waals surface area contributed by atoms with Crippen LogP contribution in [-0.2, 0) is 0 Å². The highest BCUT2D eigenvalue weighted by Gasteiger charge is 2.14. The molecule has 1 aromatic carbocycles. The second-order valence-corrected chi connectivity index (χ2v) is 5.30. The van der Waals surface area contributed by atoms with Crippen molar-refractivity contribution >= 4 is 16.9 Å². The highest BCUT2D eigenvalue weighted by atomic mass is 16.1. The molecule has 0 aliphatic heterocycles. The maximum Gasteiger partial charge on any atom is 0.251 e. The van der Waals surface area contributed by atoms with E-state index >= 15 is 0 Å². The predicted octanol–water partition coefficient (Wildman–Crippen LogP) is 1.73. The summed E-state index contributed by atoms with van der Waals surface area (Å²) in [4.78, 5) is 20.6. The summed E-state index contributed by atoms with van der Waals surface area (Å²) in [6.45, 7) is 4.66. The van der Waals surface area contributed by atoms with Crippen LogP contribution in [0.15, 0.2) is 30.6 Å². The minimum absolute atomic E-state index is 0.0000504. The van der Waals surface area contributed by atoms with Gasteiger partial charge in [-0.25, -0.2) is 0 Å². The Kier molecular flexibility index (Phi) is 4.63. The predicted molar refractivity (Wildman–Crippen MR) is 79.3 cm³/mol. The van der Waals surface area contributed by atoms with Crippen molar-refractivity contribution in [1.82, 2.24) is 15.3 Å². The van der Waals surface area contributed by atoms with Gasteiger partial charge in [0, 0.05) is 30.5 Å². The lowest BCUT2D eigenvalue weighted by Crippen LogP contribution is -2.41. The van der Waals surface area contributed by atoms with E-state index in [2.05, 4.69) is 29.1 Å². The minimum atomic E-state index is -0.117. The van der Waals surface area contributed by atoms with Gasteiger partial charge in [0.25, 0.3) is 5.91 Å². The molecule has 0 saturated carbocycles. The summed E-state index contributed by atoms with van der Waals surface area (Å²) in [6.07, 6.45) is 4.12. The number of nitrogens with one attached hydrogen (secondary N) is 1. The Morgan fingerprint density at radius 2 is 1.95 bits per heavy atom. The van der Waals surface area contributed by atoms with Gasteiger partial charge in [0.1, 0.15) is 0 Å². The van der Waals surface area contributed by atoms with Gasteiger partial charge in [-0.1, -0.05) is 13.8 Å². The standard InChI is InChI=1S/C15H20N4O/c1-10(2)7-12(9-16)19-15(20)11-3-4-13-14(8-11)18-6-5-17-13/h3-6,8,10,12H,7,9,16H2,1-2H3,(H,19,20). The minimum Gasteiger partial charge on any atom is -0.348 e. The number of aromatic nitrogens is 2. The molecule has 0 radical (unpaired) electrons. The van der Waals surface area contributed by atoms with Crippen molar-refractivity contribution in [3.05, 3.63) is 36.2 Å². The molecule has 106 valence electrons. The summed E-state index contributed by atoms with van der Waals surface area (Å²) in [5, 5.41) is 2.97. The monoisotopic (exact) mass is 272 g/mol. The second kappa shape index (κ2) is 6.43. The SMILES string of the molecule is CC(C)CC(CN)NC(=O)c1ccc2nccnc2c1. The molecule has 0 saturated heterocycles. The average Bonchev–Trinajstić information content (AvgIpc) is 2.45. The Morgan fingerprint density at radius 3 is 2.60 bits per heavy atom. The number of carbonyl (C=O) groups is 1. The lowest BCUT2D eigenvalue weighted by Gasteiger charge is -2.18. The van der Waals surface area contributed by atoms with E-state index in [1.807, 2.05) is 0 Å². The molecule has 1 amide bonds. The zero-order valence-electron chi connectivity index (χ0n) is 11.8. The van der Waals surface area contributed by atoms with Crippen LogP contribution in [0.25, 0.3) is 11.0 Å². The first kappa shape index (κ1) is 14.4. The van der Waals surface area contributed by atoms with Gasteiger partial charge >= 0.3 is 0 Å². The molecule has 5 heteroatoms. The Labute approximate surface area is 118 Å². The van der Waals surface area contributed by atoms with Crippen LogP contribution in [-0.4, -0.2) is 28.5 Å². The van der Waals surface area contributed by atoms with Crippen LogP contribution in [0.3, 0.4) is 0 Å². The highest BCUT2D eigenvalue weighted by Crippen LogP contribution is 2.11. The quantitative estimate of drug-likeness (QED) is 0.868. The average molecular weight is 272 g/mol. The third kappa shape index (κ3) is 3.51. The van der Waals surface area contributed by atoms with Crippen molar-refractivity contribution in [2.75, 3.05) is 6.54 Å². The van der Waals surface area contributed by atoms with E-state index < -0.39 is 0 Å². The van der Waals surface area contributed by atoms with Crippen LogP contribution < -0.4 is 11.1 Å². The van der Waals surface area contributed by atoms with Gasteiger partial charge in [-0.3, -0.25) is 14.8 Å². The Bertz CT molecular complexity index is 597. The van der Waals surface area contributed by atoms with Crippen LogP contribution in [0.1, 0.15) is 30.6 Å². The highest BCUT2D eigenvalue weighted by molar-refractivity contribution is 5.97. The number of benzene rings is 1. The van der Waals surface area contributed by atoms with Gasteiger partial charge in [-0.15, -0.1) is 0 Å². The molecule has 3 N–H and O–H groups in total. The van der Waals surface area contributed by atoms with E-state index in [1.165, 1.54) is 0 Å². The van der Waals surface area contributed by atoms with Gasteiger partial charge in [-0.2, -0.15) is 0 Å². The normalized spacial score (nSPS) is 12.6. The first-order valence-corrected chi connectivity index (χ1v) is 6.82. The molecule has 0 aliphatic carbocycles. The zero-order chi connectivity index (χ0) is 14.5. The van der Waals surface area contributed by atoms with Gasteiger partial charge < -0.3 is 11.1 Å². The van der Waals surface area contributed by atoms with E-state index in [9.17, 15) is 4.79 Å². The molecule has 1 unspecified atom stereocenters. The Balaban J connectivity index is 2.14. The summed E-state index contributed by atoms with van der Waals surface area (Å²) in [6, 6.07) is 5.31. The lowest BCUT2D eigenvalue weighted by atomic mass is 10.0. The van der Waals surface area contributed by atoms with Crippen LogP contribution >= 0.6 is 0 Å². The van der Waals surface area contributed by atoms with Crippen LogP contribution in [0.4, 0.5) is 0 Å². The van der Waals surface area contributed by atoms with Gasteiger partial charge in [0.05, 0.1) is 11.0 Å². The molecule has 5 nitrogen and oxygen atoms in total. The molecule has 20 heavy (non-hydrogen) atoms. The maximum atomic E-state index is 12.2. The first-order chi connectivity index (χ1) is 9.60.